The van der Waals surface area contributed by atoms with Gasteiger partial charge in [-0.2, -0.15) is 5.21 Å². The van der Waals surface area contributed by atoms with Crippen LogP contribution in [0.5, 0.6) is 0 Å². The number of aromatic amines is 1. The third-order valence-electron chi connectivity index (χ3n) is 6.64. The predicted molar refractivity (Wildman–Crippen MR) is 151 cm³/mol. The average molecular weight is 527 g/mol. The molecule has 5 aromatic rings. The zero-order valence-electron chi connectivity index (χ0n) is 23.3. The molecule has 202 valence electrons. The summed E-state index contributed by atoms with van der Waals surface area (Å²) < 4.78 is 4.79. The first-order valence-electron chi connectivity index (χ1n) is 13.1. The van der Waals surface area contributed by atoms with Crippen LogP contribution in [-0.4, -0.2) is 39.3 Å². The molecule has 2 aromatic carbocycles. The lowest BCUT2D eigenvalue weighted by atomic mass is 9.92. The molecule has 3 aromatic heterocycles. The summed E-state index contributed by atoms with van der Waals surface area (Å²) in [6, 6.07) is 16.2. The van der Waals surface area contributed by atoms with Crippen LogP contribution in [0.4, 0.5) is 0 Å². The number of benzene rings is 2. The molecule has 0 saturated heterocycles. The number of rotatable bonds is 7. The Balaban J connectivity index is 1.72. The fourth-order valence-electron chi connectivity index (χ4n) is 4.91. The van der Waals surface area contributed by atoms with Gasteiger partial charge < -0.3 is 4.57 Å². The quantitative estimate of drug-likeness (QED) is 0.342. The van der Waals surface area contributed by atoms with Gasteiger partial charge in [0.15, 0.2) is 11.2 Å². The number of hydrogen-bond acceptors (Lipinski definition) is 6. The van der Waals surface area contributed by atoms with E-state index >= 15 is 0 Å². The summed E-state index contributed by atoms with van der Waals surface area (Å²) in [5.41, 5.74) is 3.90. The Bertz CT molecular complexity index is 1740. The third-order valence-corrected chi connectivity index (χ3v) is 6.64. The predicted octanol–water partition coefficient (Wildman–Crippen LogP) is 4.04. The molecule has 0 bridgehead atoms. The molecule has 0 fully saturated rings. The van der Waals surface area contributed by atoms with E-state index in [2.05, 4.69) is 41.4 Å². The molecule has 0 saturated carbocycles. The van der Waals surface area contributed by atoms with Gasteiger partial charge in [0, 0.05) is 32.1 Å². The Hall–Kier alpha value is -4.34. The van der Waals surface area contributed by atoms with Gasteiger partial charge in [-0.25, -0.2) is 9.78 Å². The molecule has 3 heterocycles. The van der Waals surface area contributed by atoms with Crippen LogP contribution in [-0.2, 0) is 26.6 Å². The summed E-state index contributed by atoms with van der Waals surface area (Å²) in [6.45, 7) is 11.4. The first-order chi connectivity index (χ1) is 18.5. The molecule has 5 rings (SSSR count). The molecule has 0 aliphatic carbocycles. The second-order valence-corrected chi connectivity index (χ2v) is 11.7. The minimum Gasteiger partial charge on any atom is -0.318 e. The Morgan fingerprint density at radius 1 is 0.974 bits per heavy atom. The number of tetrazole rings is 1. The molecule has 0 aliphatic rings. The Morgan fingerprint density at radius 3 is 2.36 bits per heavy atom. The van der Waals surface area contributed by atoms with E-state index in [4.69, 9.17) is 4.98 Å². The van der Waals surface area contributed by atoms with Crippen LogP contribution < -0.4 is 11.2 Å². The monoisotopic (exact) mass is 526 g/mol. The number of hydrogen-bond donors (Lipinski definition) is 1. The molecule has 10 heteroatoms. The lowest BCUT2D eigenvalue weighted by Gasteiger charge is -2.19. The molecule has 39 heavy (non-hydrogen) atoms. The summed E-state index contributed by atoms with van der Waals surface area (Å²) >= 11 is 0. The maximum Gasteiger partial charge on any atom is 0.332 e. The second-order valence-electron chi connectivity index (χ2n) is 11.7. The van der Waals surface area contributed by atoms with Crippen LogP contribution in [0.1, 0.15) is 46.0 Å². The summed E-state index contributed by atoms with van der Waals surface area (Å²) in [7, 11) is 1.53. The van der Waals surface area contributed by atoms with Crippen LogP contribution in [0, 0.1) is 11.3 Å². The van der Waals surface area contributed by atoms with Crippen molar-refractivity contribution in [2.24, 2.45) is 18.4 Å². The van der Waals surface area contributed by atoms with Crippen LogP contribution in [0.3, 0.4) is 0 Å². The number of fused-ring (bicyclic) bond motifs is 1. The highest BCUT2D eigenvalue weighted by Crippen LogP contribution is 2.32. The highest BCUT2D eigenvalue weighted by molar-refractivity contribution is 5.81. The molecular formula is C29H34N8O2. The summed E-state index contributed by atoms with van der Waals surface area (Å²) in [4.78, 5) is 31.6. The first kappa shape index (κ1) is 26.3. The lowest BCUT2D eigenvalue weighted by molar-refractivity contribution is 0.394. The molecule has 0 radical (unpaired) electrons. The van der Waals surface area contributed by atoms with Crippen LogP contribution >= 0.6 is 0 Å². The third kappa shape index (κ3) is 5.19. The number of aromatic nitrogens is 8. The van der Waals surface area contributed by atoms with Crippen LogP contribution in [0.15, 0.2) is 58.1 Å². The van der Waals surface area contributed by atoms with Gasteiger partial charge >= 0.3 is 5.69 Å². The topological polar surface area (TPSA) is 116 Å². The van der Waals surface area contributed by atoms with Crippen molar-refractivity contribution in [3.63, 3.8) is 0 Å². The van der Waals surface area contributed by atoms with Gasteiger partial charge in [-0.1, -0.05) is 77.1 Å². The van der Waals surface area contributed by atoms with E-state index < -0.39 is 0 Å². The number of nitrogens with zero attached hydrogens (tertiary/aromatic N) is 7. The van der Waals surface area contributed by atoms with Crippen molar-refractivity contribution in [3.8, 4) is 22.5 Å². The summed E-state index contributed by atoms with van der Waals surface area (Å²) in [5.74, 6) is 1.47. The van der Waals surface area contributed by atoms with Crippen LogP contribution in [0.2, 0.25) is 0 Å². The van der Waals surface area contributed by atoms with Crippen molar-refractivity contribution in [2.75, 3.05) is 0 Å². The maximum absolute atomic E-state index is 13.5. The minimum atomic E-state index is -0.347. The molecule has 0 spiro atoms. The number of H-pyrrole nitrogens is 1. The molecular weight excluding hydrogens is 492 g/mol. The van der Waals surface area contributed by atoms with E-state index in [9.17, 15) is 9.59 Å². The van der Waals surface area contributed by atoms with E-state index in [0.29, 0.717) is 36.5 Å². The fraction of sp³-hybridized carbons (Fsp3) is 0.379. The smallest absolute Gasteiger partial charge is 0.318 e. The molecule has 10 nitrogen and oxygen atoms in total. The first-order valence-corrected chi connectivity index (χ1v) is 13.1. The second kappa shape index (κ2) is 10.1. The SMILES string of the molecule is CC(C)Cn1c(=O)n(C)c(=O)c2c1nc(CC(C)(C)C)n2Cc1ccc(-c2ccccc2)c(-c2nn[nH]n2)c1. The molecule has 0 atom stereocenters. The Morgan fingerprint density at radius 2 is 1.72 bits per heavy atom. The van der Waals surface area contributed by atoms with Crippen molar-refractivity contribution >= 4 is 11.2 Å². The Kier molecular flexibility index (Phi) is 6.80. The summed E-state index contributed by atoms with van der Waals surface area (Å²) in [5, 5.41) is 14.8. The van der Waals surface area contributed by atoms with Crippen molar-refractivity contribution in [1.82, 2.24) is 39.3 Å². The lowest BCUT2D eigenvalue weighted by Crippen LogP contribution is -2.39. The van der Waals surface area contributed by atoms with Gasteiger partial charge in [-0.3, -0.25) is 13.9 Å². The van der Waals surface area contributed by atoms with Gasteiger partial charge in [0.2, 0.25) is 5.82 Å². The van der Waals surface area contributed by atoms with E-state index in [1.807, 2.05) is 66.9 Å². The van der Waals surface area contributed by atoms with Crippen molar-refractivity contribution in [2.45, 2.75) is 54.1 Å². The van der Waals surface area contributed by atoms with Gasteiger partial charge in [0.1, 0.15) is 5.82 Å². The average Bonchev–Trinajstić information content (AvgIpc) is 3.54. The molecule has 0 aliphatic heterocycles. The number of nitrogens with one attached hydrogen (secondary N) is 1. The minimum absolute atomic E-state index is 0.0828. The van der Waals surface area contributed by atoms with E-state index in [0.717, 1.165) is 28.1 Å². The molecule has 0 amide bonds. The normalized spacial score (nSPS) is 12.1. The van der Waals surface area contributed by atoms with Crippen LogP contribution in [0.25, 0.3) is 33.7 Å². The highest BCUT2D eigenvalue weighted by Gasteiger charge is 2.24. The zero-order chi connectivity index (χ0) is 27.9. The van der Waals surface area contributed by atoms with Crippen molar-refractivity contribution < 1.29 is 0 Å². The van der Waals surface area contributed by atoms with E-state index in [1.54, 1.807) is 4.57 Å². The van der Waals surface area contributed by atoms with E-state index in [-0.39, 0.29) is 22.6 Å². The largest absolute Gasteiger partial charge is 0.332 e. The molecule has 0 unspecified atom stereocenters. The van der Waals surface area contributed by atoms with Gasteiger partial charge in [-0.15, -0.1) is 10.2 Å². The number of imidazole rings is 1. The summed E-state index contributed by atoms with van der Waals surface area (Å²) in [6.07, 6.45) is 0.639. The van der Waals surface area contributed by atoms with Gasteiger partial charge in [0.25, 0.3) is 5.56 Å². The van der Waals surface area contributed by atoms with E-state index in [1.165, 1.54) is 11.6 Å². The van der Waals surface area contributed by atoms with Crippen molar-refractivity contribution in [1.29, 1.82) is 0 Å². The standard InChI is InChI=1S/C29H34N8O2/c1-18(2)16-37-26-24(27(38)35(6)28(37)39)36(23(30-26)15-29(3,4)5)17-19-12-13-21(20-10-8-7-9-11-20)22(14-19)25-31-33-34-32-25/h7-14,18H,15-17H2,1-6H3,(H,31,32,33,34). The molecule has 1 N–H and O–H groups in total. The highest BCUT2D eigenvalue weighted by atomic mass is 16.2. The Labute approximate surface area is 226 Å². The van der Waals surface area contributed by atoms with Crippen molar-refractivity contribution in [3.05, 3.63) is 80.8 Å². The van der Waals surface area contributed by atoms with Gasteiger partial charge in [-0.05, 0) is 39.3 Å². The zero-order valence-corrected chi connectivity index (χ0v) is 23.3. The fourth-order valence-corrected chi connectivity index (χ4v) is 4.91. The maximum atomic E-state index is 13.5. The van der Waals surface area contributed by atoms with Gasteiger partial charge in [0.05, 0.1) is 0 Å².